The van der Waals surface area contributed by atoms with Gasteiger partial charge in [-0.15, -0.1) is 0 Å². The molecule has 0 aromatic heterocycles. The first-order valence-electron chi connectivity index (χ1n) is 6.69. The van der Waals surface area contributed by atoms with Crippen LogP contribution in [0.15, 0.2) is 0 Å². The van der Waals surface area contributed by atoms with Gasteiger partial charge >= 0.3 is 0 Å². The second-order valence-electron chi connectivity index (χ2n) is 5.35. The maximum absolute atomic E-state index is 2.39. The molecule has 1 nitrogen and oxygen atoms in total. The summed E-state index contributed by atoms with van der Waals surface area (Å²) in [5.74, 6) is 2.70. The predicted octanol–water partition coefficient (Wildman–Crippen LogP) is 4.04. The molecule has 0 heterocycles. The molecule has 0 saturated carbocycles. The van der Waals surface area contributed by atoms with Gasteiger partial charge in [-0.1, -0.05) is 47.0 Å². The van der Waals surface area contributed by atoms with Crippen molar-refractivity contribution in [2.45, 2.75) is 53.4 Å². The number of nitrogens with zero attached hydrogens (tertiary/aromatic N) is 1. The van der Waals surface area contributed by atoms with Crippen LogP contribution in [0.5, 0.6) is 0 Å². The topological polar surface area (TPSA) is 3.24 Å². The summed E-state index contributed by atoms with van der Waals surface area (Å²) in [4.78, 5) is 2.35. The Labute approximate surface area is 97.2 Å². The molecule has 0 saturated heterocycles. The van der Waals surface area contributed by atoms with E-state index in [9.17, 15) is 0 Å². The van der Waals surface area contributed by atoms with Gasteiger partial charge in [-0.25, -0.2) is 0 Å². The number of hydrogen-bond donors (Lipinski definition) is 0. The molecule has 0 spiro atoms. The largest absolute Gasteiger partial charge is 0.309 e. The highest BCUT2D eigenvalue weighted by Gasteiger charge is 2.20. The summed E-state index contributed by atoms with van der Waals surface area (Å²) in [5, 5.41) is 0. The first-order chi connectivity index (χ1) is 7.04. The molecule has 0 aliphatic carbocycles. The van der Waals surface area contributed by atoms with Crippen LogP contribution in [0.4, 0.5) is 0 Å². The van der Waals surface area contributed by atoms with Gasteiger partial charge in [-0.05, 0) is 38.3 Å². The molecule has 0 radical (unpaired) electrons. The van der Waals surface area contributed by atoms with Gasteiger partial charge in [-0.3, -0.25) is 0 Å². The summed E-state index contributed by atoms with van der Waals surface area (Å²) in [6.45, 7) is 10.6. The van der Waals surface area contributed by atoms with Crippen LogP contribution in [-0.2, 0) is 0 Å². The summed E-state index contributed by atoms with van der Waals surface area (Å²) in [7, 11) is 4.40. The zero-order valence-corrected chi connectivity index (χ0v) is 11.7. The summed E-state index contributed by atoms with van der Waals surface area (Å²) < 4.78 is 0. The minimum Gasteiger partial charge on any atom is -0.309 e. The van der Waals surface area contributed by atoms with E-state index in [-0.39, 0.29) is 0 Å². The van der Waals surface area contributed by atoms with Crippen molar-refractivity contribution in [2.75, 3.05) is 20.6 Å². The van der Waals surface area contributed by atoms with E-state index in [1.807, 2.05) is 0 Å². The molecule has 1 heteroatoms. The molecular weight excluding hydrogens is 182 g/mol. The van der Waals surface area contributed by atoms with Crippen LogP contribution in [0.2, 0.25) is 0 Å². The molecule has 2 atom stereocenters. The molecule has 0 fully saturated rings. The fraction of sp³-hybridized carbons (Fsp3) is 1.00. The lowest BCUT2D eigenvalue weighted by Gasteiger charge is -2.30. The Kier molecular flexibility index (Phi) is 8.13. The summed E-state index contributed by atoms with van der Waals surface area (Å²) in [5.41, 5.74) is 0. The molecular formula is C14H31N. The Hall–Kier alpha value is -0.0400. The molecule has 0 aromatic carbocycles. The molecule has 0 N–H and O–H groups in total. The van der Waals surface area contributed by atoms with E-state index in [0.29, 0.717) is 0 Å². The summed E-state index contributed by atoms with van der Waals surface area (Å²) in [6, 6.07) is 0. The first-order valence-corrected chi connectivity index (χ1v) is 6.69. The molecule has 0 bridgehead atoms. The Bertz CT molecular complexity index is 138. The van der Waals surface area contributed by atoms with Gasteiger partial charge in [0.25, 0.3) is 0 Å². The molecule has 0 amide bonds. The van der Waals surface area contributed by atoms with Crippen LogP contribution >= 0.6 is 0 Å². The monoisotopic (exact) mass is 213 g/mol. The highest BCUT2D eigenvalue weighted by molar-refractivity contribution is 4.72. The van der Waals surface area contributed by atoms with E-state index in [2.05, 4.69) is 46.7 Å². The average molecular weight is 213 g/mol. The average Bonchev–Trinajstić information content (AvgIpc) is 2.18. The lowest BCUT2D eigenvalue weighted by molar-refractivity contribution is 0.199. The zero-order chi connectivity index (χ0) is 11.8. The minimum atomic E-state index is 0.885. The van der Waals surface area contributed by atoms with E-state index in [0.717, 1.165) is 17.8 Å². The molecule has 0 aliphatic rings. The van der Waals surface area contributed by atoms with Gasteiger partial charge in [0.2, 0.25) is 0 Å². The van der Waals surface area contributed by atoms with Crippen molar-refractivity contribution < 1.29 is 0 Å². The Morgan fingerprint density at radius 2 is 1.40 bits per heavy atom. The lowest BCUT2D eigenvalue weighted by atomic mass is 9.81. The van der Waals surface area contributed by atoms with Gasteiger partial charge in [-0.2, -0.15) is 0 Å². The van der Waals surface area contributed by atoms with Crippen molar-refractivity contribution in [3.8, 4) is 0 Å². The molecule has 2 unspecified atom stereocenters. The quantitative estimate of drug-likeness (QED) is 0.588. The third-order valence-electron chi connectivity index (χ3n) is 3.72. The Morgan fingerprint density at radius 3 is 1.73 bits per heavy atom. The van der Waals surface area contributed by atoms with Crippen LogP contribution in [0.1, 0.15) is 53.4 Å². The third-order valence-corrected chi connectivity index (χ3v) is 3.72. The van der Waals surface area contributed by atoms with E-state index >= 15 is 0 Å². The van der Waals surface area contributed by atoms with Crippen molar-refractivity contribution in [3.63, 3.8) is 0 Å². The predicted molar refractivity (Wildman–Crippen MR) is 70.2 cm³/mol. The van der Waals surface area contributed by atoms with Crippen LogP contribution in [0.3, 0.4) is 0 Å². The van der Waals surface area contributed by atoms with Crippen molar-refractivity contribution in [3.05, 3.63) is 0 Å². The highest BCUT2D eigenvalue weighted by atomic mass is 15.1. The maximum atomic E-state index is 2.39. The van der Waals surface area contributed by atoms with Gasteiger partial charge < -0.3 is 4.90 Å². The van der Waals surface area contributed by atoms with Crippen LogP contribution in [0.25, 0.3) is 0 Å². The molecule has 0 rings (SSSR count). The Morgan fingerprint density at radius 1 is 0.867 bits per heavy atom. The molecule has 15 heavy (non-hydrogen) atoms. The normalized spacial score (nSPS) is 16.0. The fourth-order valence-corrected chi connectivity index (χ4v) is 2.52. The van der Waals surface area contributed by atoms with E-state index in [4.69, 9.17) is 0 Å². The van der Waals surface area contributed by atoms with Crippen LogP contribution in [0, 0.1) is 17.8 Å². The summed E-state index contributed by atoms with van der Waals surface area (Å²) >= 11 is 0. The van der Waals surface area contributed by atoms with Crippen LogP contribution < -0.4 is 0 Å². The first kappa shape index (κ1) is 15.0. The fourth-order valence-electron chi connectivity index (χ4n) is 2.52. The maximum Gasteiger partial charge on any atom is 0.000630 e. The highest BCUT2D eigenvalue weighted by Crippen LogP contribution is 2.27. The second-order valence-corrected chi connectivity index (χ2v) is 5.35. The van der Waals surface area contributed by atoms with E-state index < -0.39 is 0 Å². The SMILES string of the molecule is CCC(C)CC(CN(C)C)C(CC)CC. The van der Waals surface area contributed by atoms with E-state index in [1.54, 1.807) is 0 Å². The molecule has 92 valence electrons. The smallest absolute Gasteiger partial charge is 0.000630 e. The third kappa shape index (κ3) is 6.19. The number of rotatable bonds is 8. The number of hydrogen-bond acceptors (Lipinski definition) is 1. The van der Waals surface area contributed by atoms with Crippen LogP contribution in [-0.4, -0.2) is 25.5 Å². The Balaban J connectivity index is 4.27. The van der Waals surface area contributed by atoms with Crippen molar-refractivity contribution >= 4 is 0 Å². The lowest BCUT2D eigenvalue weighted by Crippen LogP contribution is -2.28. The van der Waals surface area contributed by atoms with Gasteiger partial charge in [0, 0.05) is 6.54 Å². The van der Waals surface area contributed by atoms with E-state index in [1.165, 1.54) is 32.2 Å². The standard InChI is InChI=1S/C14H31N/c1-7-12(4)10-14(11-15(5)6)13(8-2)9-3/h12-14H,7-11H2,1-6H3. The minimum absolute atomic E-state index is 0.885. The zero-order valence-electron chi connectivity index (χ0n) is 11.7. The van der Waals surface area contributed by atoms with Gasteiger partial charge in [0.1, 0.15) is 0 Å². The molecule has 0 aromatic rings. The summed E-state index contributed by atoms with van der Waals surface area (Å²) in [6.07, 6.45) is 5.40. The van der Waals surface area contributed by atoms with Gasteiger partial charge in [0.15, 0.2) is 0 Å². The van der Waals surface area contributed by atoms with Gasteiger partial charge in [0.05, 0.1) is 0 Å². The molecule has 0 aliphatic heterocycles. The van der Waals surface area contributed by atoms with Crippen molar-refractivity contribution in [1.29, 1.82) is 0 Å². The van der Waals surface area contributed by atoms with Crippen molar-refractivity contribution in [2.24, 2.45) is 17.8 Å². The second kappa shape index (κ2) is 8.15. The van der Waals surface area contributed by atoms with Crippen molar-refractivity contribution in [1.82, 2.24) is 4.90 Å².